The molecule has 0 saturated heterocycles. The lowest BCUT2D eigenvalue weighted by Gasteiger charge is -1.99. The maximum atomic E-state index is 11.9. The lowest BCUT2D eigenvalue weighted by molar-refractivity contribution is 0.103. The van der Waals surface area contributed by atoms with Gasteiger partial charge < -0.3 is 0 Å². The zero-order chi connectivity index (χ0) is 10.7. The van der Waals surface area contributed by atoms with Crippen LogP contribution in [0.3, 0.4) is 0 Å². The van der Waals surface area contributed by atoms with E-state index in [0.717, 1.165) is 3.57 Å². The Labute approximate surface area is 101 Å². The lowest BCUT2D eigenvalue weighted by Crippen LogP contribution is -2.03. The average Bonchev–Trinajstić information content (AvgIpc) is 2.30. The smallest absolute Gasteiger partial charge is 0.211 e. The van der Waals surface area contributed by atoms with Gasteiger partial charge in [-0.3, -0.25) is 9.78 Å². The van der Waals surface area contributed by atoms with Crippen molar-refractivity contribution in [1.82, 2.24) is 4.98 Å². The Kier molecular flexibility index (Phi) is 3.11. The summed E-state index contributed by atoms with van der Waals surface area (Å²) in [5.41, 5.74) is 1.16. The van der Waals surface area contributed by atoms with Crippen molar-refractivity contribution in [2.75, 3.05) is 0 Å². The predicted octanol–water partition coefficient (Wildman–Crippen LogP) is 2.92. The summed E-state index contributed by atoms with van der Waals surface area (Å²) >= 11 is 2.21. The van der Waals surface area contributed by atoms with E-state index in [1.165, 1.54) is 0 Å². The minimum Gasteiger partial charge on any atom is -0.287 e. The number of hydrogen-bond acceptors (Lipinski definition) is 2. The molecule has 0 saturated carbocycles. The van der Waals surface area contributed by atoms with E-state index in [4.69, 9.17) is 0 Å². The van der Waals surface area contributed by atoms with Gasteiger partial charge in [-0.05, 0) is 59.0 Å². The van der Waals surface area contributed by atoms with E-state index in [1.807, 2.05) is 30.3 Å². The number of halogens is 1. The van der Waals surface area contributed by atoms with Gasteiger partial charge in [0.05, 0.1) is 0 Å². The molecule has 0 radical (unpaired) electrons. The summed E-state index contributed by atoms with van der Waals surface area (Å²) < 4.78 is 1.12. The van der Waals surface area contributed by atoms with E-state index < -0.39 is 0 Å². The van der Waals surface area contributed by atoms with Gasteiger partial charge in [-0.25, -0.2) is 0 Å². The van der Waals surface area contributed by atoms with Crippen LogP contribution in [-0.2, 0) is 0 Å². The van der Waals surface area contributed by atoms with E-state index in [0.29, 0.717) is 11.3 Å². The standard InChI is InChI=1S/C12H8INO/c13-10-6-4-9(5-7-10)12(15)11-3-1-2-8-14-11/h1-8H. The Bertz CT molecular complexity index is 465. The van der Waals surface area contributed by atoms with Crippen LogP contribution in [0.5, 0.6) is 0 Å². The highest BCUT2D eigenvalue weighted by molar-refractivity contribution is 14.1. The summed E-state index contributed by atoms with van der Waals surface area (Å²) in [6.07, 6.45) is 1.62. The van der Waals surface area contributed by atoms with Gasteiger partial charge in [0.25, 0.3) is 0 Å². The molecule has 0 amide bonds. The number of nitrogens with zero attached hydrogens (tertiary/aromatic N) is 1. The summed E-state index contributed by atoms with van der Waals surface area (Å²) in [7, 11) is 0. The molecule has 1 aromatic heterocycles. The van der Waals surface area contributed by atoms with Crippen molar-refractivity contribution < 1.29 is 4.79 Å². The number of ketones is 1. The fourth-order valence-electron chi connectivity index (χ4n) is 1.25. The Morgan fingerprint density at radius 1 is 1.07 bits per heavy atom. The first kappa shape index (κ1) is 10.3. The molecule has 0 N–H and O–H groups in total. The van der Waals surface area contributed by atoms with Gasteiger partial charge in [0.2, 0.25) is 5.78 Å². The van der Waals surface area contributed by atoms with Gasteiger partial charge >= 0.3 is 0 Å². The van der Waals surface area contributed by atoms with Crippen LogP contribution in [0.15, 0.2) is 48.7 Å². The minimum absolute atomic E-state index is 0.0352. The number of hydrogen-bond donors (Lipinski definition) is 0. The third kappa shape index (κ3) is 2.41. The normalized spacial score (nSPS) is 9.93. The van der Waals surface area contributed by atoms with Gasteiger partial charge in [-0.1, -0.05) is 6.07 Å². The zero-order valence-electron chi connectivity index (χ0n) is 7.85. The summed E-state index contributed by atoms with van der Waals surface area (Å²) in [5.74, 6) is -0.0352. The first-order chi connectivity index (χ1) is 7.27. The fourth-order valence-corrected chi connectivity index (χ4v) is 1.61. The van der Waals surface area contributed by atoms with E-state index in [9.17, 15) is 4.79 Å². The number of aromatic nitrogens is 1. The third-order valence-electron chi connectivity index (χ3n) is 2.00. The lowest BCUT2D eigenvalue weighted by atomic mass is 10.1. The molecule has 0 aliphatic rings. The molecule has 2 nitrogen and oxygen atoms in total. The van der Waals surface area contributed by atoms with Crippen molar-refractivity contribution in [3.63, 3.8) is 0 Å². The van der Waals surface area contributed by atoms with Gasteiger partial charge in [0.1, 0.15) is 5.69 Å². The Hall–Kier alpha value is -1.23. The van der Waals surface area contributed by atoms with Gasteiger partial charge in [-0.2, -0.15) is 0 Å². The number of benzene rings is 1. The van der Waals surface area contributed by atoms with Crippen LogP contribution in [0.25, 0.3) is 0 Å². The SMILES string of the molecule is O=C(c1ccc(I)cc1)c1ccccn1. The maximum absolute atomic E-state index is 11.9. The Balaban J connectivity index is 2.33. The monoisotopic (exact) mass is 309 g/mol. The van der Waals surface area contributed by atoms with Crippen molar-refractivity contribution in [3.05, 3.63) is 63.5 Å². The third-order valence-corrected chi connectivity index (χ3v) is 2.72. The fraction of sp³-hybridized carbons (Fsp3) is 0. The number of pyridine rings is 1. The maximum Gasteiger partial charge on any atom is 0.211 e. The summed E-state index contributed by atoms with van der Waals surface area (Å²) in [4.78, 5) is 15.9. The molecule has 1 aromatic carbocycles. The van der Waals surface area contributed by atoms with E-state index in [2.05, 4.69) is 27.6 Å². The molecule has 0 fully saturated rings. The molecule has 0 atom stereocenters. The summed E-state index contributed by atoms with van der Waals surface area (Å²) in [6, 6.07) is 12.8. The summed E-state index contributed by atoms with van der Waals surface area (Å²) in [6.45, 7) is 0. The highest BCUT2D eigenvalue weighted by Crippen LogP contribution is 2.10. The topological polar surface area (TPSA) is 30.0 Å². The molecule has 74 valence electrons. The molecule has 2 rings (SSSR count). The molecular formula is C12H8INO. The van der Waals surface area contributed by atoms with Crippen LogP contribution in [0, 0.1) is 3.57 Å². The molecular weight excluding hydrogens is 301 g/mol. The molecule has 0 unspecified atom stereocenters. The van der Waals surface area contributed by atoms with Crippen LogP contribution in [0.2, 0.25) is 0 Å². The van der Waals surface area contributed by atoms with Crippen molar-refractivity contribution in [2.24, 2.45) is 0 Å². The minimum atomic E-state index is -0.0352. The van der Waals surface area contributed by atoms with Crippen LogP contribution in [0.4, 0.5) is 0 Å². The number of carbonyl (C=O) groups excluding carboxylic acids is 1. The predicted molar refractivity (Wildman–Crippen MR) is 66.8 cm³/mol. The Morgan fingerprint density at radius 2 is 1.80 bits per heavy atom. The first-order valence-electron chi connectivity index (χ1n) is 4.48. The second-order valence-electron chi connectivity index (χ2n) is 3.05. The van der Waals surface area contributed by atoms with Gasteiger partial charge in [0, 0.05) is 15.3 Å². The molecule has 2 aromatic rings. The highest BCUT2D eigenvalue weighted by atomic mass is 127. The molecule has 1 heterocycles. The van der Waals surface area contributed by atoms with Crippen molar-refractivity contribution in [1.29, 1.82) is 0 Å². The second-order valence-corrected chi connectivity index (χ2v) is 4.30. The van der Waals surface area contributed by atoms with Crippen molar-refractivity contribution in [3.8, 4) is 0 Å². The quantitative estimate of drug-likeness (QED) is 0.631. The van der Waals surface area contributed by atoms with Crippen LogP contribution in [0.1, 0.15) is 16.1 Å². The van der Waals surface area contributed by atoms with Gasteiger partial charge in [0.15, 0.2) is 0 Å². The first-order valence-corrected chi connectivity index (χ1v) is 5.56. The molecule has 0 spiro atoms. The molecule has 0 aliphatic carbocycles. The average molecular weight is 309 g/mol. The Morgan fingerprint density at radius 3 is 2.40 bits per heavy atom. The second kappa shape index (κ2) is 4.53. The number of carbonyl (C=O) groups is 1. The number of rotatable bonds is 2. The van der Waals surface area contributed by atoms with Crippen LogP contribution >= 0.6 is 22.6 Å². The molecule has 0 aliphatic heterocycles. The van der Waals surface area contributed by atoms with Crippen molar-refractivity contribution >= 4 is 28.4 Å². The van der Waals surface area contributed by atoms with Crippen LogP contribution in [-0.4, -0.2) is 10.8 Å². The van der Waals surface area contributed by atoms with E-state index >= 15 is 0 Å². The molecule has 0 bridgehead atoms. The van der Waals surface area contributed by atoms with E-state index in [1.54, 1.807) is 18.3 Å². The van der Waals surface area contributed by atoms with Crippen LogP contribution < -0.4 is 0 Å². The molecule has 15 heavy (non-hydrogen) atoms. The largest absolute Gasteiger partial charge is 0.287 e. The summed E-state index contributed by atoms with van der Waals surface area (Å²) in [5, 5.41) is 0. The molecule has 3 heteroatoms. The van der Waals surface area contributed by atoms with E-state index in [-0.39, 0.29) is 5.78 Å². The zero-order valence-corrected chi connectivity index (χ0v) is 10.0. The van der Waals surface area contributed by atoms with Gasteiger partial charge in [-0.15, -0.1) is 0 Å². The highest BCUT2D eigenvalue weighted by Gasteiger charge is 2.08. The van der Waals surface area contributed by atoms with Crippen molar-refractivity contribution in [2.45, 2.75) is 0 Å².